The Bertz CT molecular complexity index is 465. The first kappa shape index (κ1) is 11.1. The Morgan fingerprint density at radius 3 is 3.06 bits per heavy atom. The second kappa shape index (κ2) is 5.09. The van der Waals surface area contributed by atoms with E-state index in [0.717, 1.165) is 11.7 Å². The van der Waals surface area contributed by atoms with Crippen LogP contribution >= 0.6 is 22.7 Å². The smallest absolute Gasteiger partial charge is 0.309 e. The van der Waals surface area contributed by atoms with E-state index in [9.17, 15) is 4.79 Å². The lowest BCUT2D eigenvalue weighted by Gasteiger charge is -1.98. The normalized spacial score (nSPS) is 10.2. The number of thiophene rings is 1. The monoisotopic (exact) mass is 254 g/mol. The molecular weight excluding hydrogens is 244 g/mol. The highest BCUT2D eigenvalue weighted by molar-refractivity contribution is 7.13. The number of hydrogen-bond acceptors (Lipinski definition) is 5. The van der Waals surface area contributed by atoms with Gasteiger partial charge in [0.05, 0.1) is 12.1 Å². The Morgan fingerprint density at radius 1 is 1.50 bits per heavy atom. The molecule has 0 aliphatic heterocycles. The van der Waals surface area contributed by atoms with Gasteiger partial charge in [-0.25, -0.2) is 4.98 Å². The minimum absolute atomic E-state index is 0.0172. The highest BCUT2D eigenvalue weighted by Crippen LogP contribution is 2.17. The zero-order valence-electron chi connectivity index (χ0n) is 8.34. The molecule has 0 aromatic carbocycles. The average Bonchev–Trinajstić information content (AvgIpc) is 2.84. The minimum Gasteiger partial charge on any atom is -0.481 e. The zero-order chi connectivity index (χ0) is 11.4. The minimum atomic E-state index is -0.852. The number of thiazole rings is 1. The number of hydrogen-bond donors (Lipinski definition) is 2. The van der Waals surface area contributed by atoms with Crippen molar-refractivity contribution >= 4 is 33.8 Å². The van der Waals surface area contributed by atoms with Crippen molar-refractivity contribution in [2.75, 3.05) is 5.32 Å². The van der Waals surface area contributed by atoms with Gasteiger partial charge in [0, 0.05) is 11.9 Å². The summed E-state index contributed by atoms with van der Waals surface area (Å²) >= 11 is 3.08. The Labute approximate surface area is 101 Å². The molecule has 2 aromatic heterocycles. The largest absolute Gasteiger partial charge is 0.481 e. The fourth-order valence-corrected chi connectivity index (χ4v) is 2.57. The van der Waals surface area contributed by atoms with Crippen molar-refractivity contribution in [2.24, 2.45) is 0 Å². The Hall–Kier alpha value is -1.40. The summed E-state index contributed by atoms with van der Waals surface area (Å²) in [6, 6.07) is 2.05. The summed E-state index contributed by atoms with van der Waals surface area (Å²) in [5.41, 5.74) is 1.81. The van der Waals surface area contributed by atoms with E-state index in [1.165, 1.54) is 16.9 Å². The van der Waals surface area contributed by atoms with Crippen molar-refractivity contribution in [2.45, 2.75) is 13.0 Å². The molecule has 0 amide bonds. The van der Waals surface area contributed by atoms with Gasteiger partial charge in [-0.15, -0.1) is 11.3 Å². The summed E-state index contributed by atoms with van der Waals surface area (Å²) in [6.07, 6.45) is -0.0172. The first-order valence-electron chi connectivity index (χ1n) is 4.65. The summed E-state index contributed by atoms with van der Waals surface area (Å²) in [6.45, 7) is 0.726. The molecule has 2 aromatic rings. The molecule has 0 fully saturated rings. The number of anilines is 1. The van der Waals surface area contributed by atoms with Gasteiger partial charge in [0.25, 0.3) is 0 Å². The van der Waals surface area contributed by atoms with E-state index in [1.54, 1.807) is 16.7 Å². The van der Waals surface area contributed by atoms with Crippen LogP contribution in [0.25, 0.3) is 0 Å². The van der Waals surface area contributed by atoms with Crippen molar-refractivity contribution in [3.8, 4) is 0 Å². The van der Waals surface area contributed by atoms with E-state index < -0.39 is 5.97 Å². The lowest BCUT2D eigenvalue weighted by Crippen LogP contribution is -2.01. The maximum atomic E-state index is 10.5. The third-order valence-corrected chi connectivity index (χ3v) is 3.49. The first-order valence-corrected chi connectivity index (χ1v) is 6.47. The third-order valence-electron chi connectivity index (χ3n) is 1.91. The summed E-state index contributed by atoms with van der Waals surface area (Å²) in [7, 11) is 0. The van der Waals surface area contributed by atoms with Crippen LogP contribution in [0.2, 0.25) is 0 Å². The number of aliphatic carboxylic acids is 1. The van der Waals surface area contributed by atoms with Crippen molar-refractivity contribution in [1.29, 1.82) is 0 Å². The van der Waals surface area contributed by atoms with Gasteiger partial charge in [-0.2, -0.15) is 11.3 Å². The molecule has 0 bridgehead atoms. The van der Waals surface area contributed by atoms with E-state index in [0.29, 0.717) is 5.69 Å². The van der Waals surface area contributed by atoms with Gasteiger partial charge in [-0.3, -0.25) is 4.79 Å². The molecule has 4 nitrogen and oxygen atoms in total. The van der Waals surface area contributed by atoms with Crippen LogP contribution < -0.4 is 5.32 Å². The second-order valence-electron chi connectivity index (χ2n) is 3.20. The Morgan fingerprint density at radius 2 is 2.38 bits per heavy atom. The highest BCUT2D eigenvalue weighted by atomic mass is 32.1. The van der Waals surface area contributed by atoms with Crippen molar-refractivity contribution in [3.05, 3.63) is 33.5 Å². The molecule has 0 aliphatic rings. The second-order valence-corrected chi connectivity index (χ2v) is 4.84. The standard InChI is InChI=1S/C10H10N2O2S2/c13-9(14)3-8-6-16-10(12-8)11-4-7-1-2-15-5-7/h1-2,5-6H,3-4H2,(H,11,12)(H,13,14). The van der Waals surface area contributed by atoms with Crippen LogP contribution in [0.15, 0.2) is 22.2 Å². The molecule has 0 radical (unpaired) electrons. The summed E-state index contributed by atoms with van der Waals surface area (Å²) in [5.74, 6) is -0.852. The molecule has 0 aliphatic carbocycles. The summed E-state index contributed by atoms with van der Waals surface area (Å²) < 4.78 is 0. The average molecular weight is 254 g/mol. The quantitative estimate of drug-likeness (QED) is 0.860. The van der Waals surface area contributed by atoms with Crippen LogP contribution in [0.1, 0.15) is 11.3 Å². The molecule has 0 saturated heterocycles. The van der Waals surface area contributed by atoms with Crippen LogP contribution in [0.5, 0.6) is 0 Å². The third kappa shape index (κ3) is 3.04. The predicted molar refractivity (Wildman–Crippen MR) is 65.1 cm³/mol. The van der Waals surface area contributed by atoms with Crippen molar-refractivity contribution in [1.82, 2.24) is 4.98 Å². The number of carboxylic acids is 1. The van der Waals surface area contributed by atoms with Gasteiger partial charge in [-0.1, -0.05) is 0 Å². The first-order chi connectivity index (χ1) is 7.74. The van der Waals surface area contributed by atoms with Crippen molar-refractivity contribution in [3.63, 3.8) is 0 Å². The number of nitrogens with zero attached hydrogens (tertiary/aromatic N) is 1. The molecule has 6 heteroatoms. The molecular formula is C10H10N2O2S2. The molecule has 0 saturated carbocycles. The molecule has 0 spiro atoms. The van der Waals surface area contributed by atoms with Gasteiger partial charge >= 0.3 is 5.97 Å². The molecule has 2 N–H and O–H groups in total. The molecule has 84 valence electrons. The summed E-state index contributed by atoms with van der Waals surface area (Å²) in [4.78, 5) is 14.6. The van der Waals surface area contributed by atoms with E-state index in [2.05, 4.69) is 15.7 Å². The van der Waals surface area contributed by atoms with E-state index >= 15 is 0 Å². The zero-order valence-corrected chi connectivity index (χ0v) is 9.98. The van der Waals surface area contributed by atoms with Gasteiger partial charge in [-0.05, 0) is 22.4 Å². The molecule has 2 heterocycles. The van der Waals surface area contributed by atoms with Gasteiger partial charge in [0.2, 0.25) is 0 Å². The maximum absolute atomic E-state index is 10.5. The Kier molecular flexibility index (Phi) is 3.53. The Balaban J connectivity index is 1.90. The molecule has 0 atom stereocenters. The predicted octanol–water partition coefficient (Wildman–Crippen LogP) is 2.44. The molecule has 2 rings (SSSR count). The number of aromatic nitrogens is 1. The van der Waals surface area contributed by atoms with Gasteiger partial charge in [0.15, 0.2) is 5.13 Å². The van der Waals surface area contributed by atoms with E-state index in [1.807, 2.05) is 11.4 Å². The topological polar surface area (TPSA) is 62.2 Å². The lowest BCUT2D eigenvalue weighted by molar-refractivity contribution is -0.136. The van der Waals surface area contributed by atoms with Gasteiger partial charge < -0.3 is 10.4 Å². The lowest BCUT2D eigenvalue weighted by atomic mass is 10.3. The van der Waals surface area contributed by atoms with Crippen LogP contribution in [0.3, 0.4) is 0 Å². The maximum Gasteiger partial charge on any atom is 0.309 e. The van der Waals surface area contributed by atoms with Crippen molar-refractivity contribution < 1.29 is 9.90 Å². The fourth-order valence-electron chi connectivity index (χ4n) is 1.20. The number of rotatable bonds is 5. The number of nitrogens with one attached hydrogen (secondary N) is 1. The highest BCUT2D eigenvalue weighted by Gasteiger charge is 2.05. The van der Waals surface area contributed by atoms with E-state index in [-0.39, 0.29) is 6.42 Å². The van der Waals surface area contributed by atoms with E-state index in [4.69, 9.17) is 5.11 Å². The van der Waals surface area contributed by atoms with Crippen LogP contribution in [-0.2, 0) is 17.8 Å². The summed E-state index contributed by atoms with van der Waals surface area (Å²) in [5, 5.41) is 18.4. The SMILES string of the molecule is O=C(O)Cc1csc(NCc2ccsc2)n1. The van der Waals surface area contributed by atoms with Crippen LogP contribution in [0.4, 0.5) is 5.13 Å². The van der Waals surface area contributed by atoms with Crippen LogP contribution in [-0.4, -0.2) is 16.1 Å². The fraction of sp³-hybridized carbons (Fsp3) is 0.200. The van der Waals surface area contributed by atoms with Gasteiger partial charge in [0.1, 0.15) is 0 Å². The number of carboxylic acid groups (broad SMARTS) is 1. The number of carbonyl (C=O) groups is 1. The van der Waals surface area contributed by atoms with Crippen LogP contribution in [0, 0.1) is 0 Å². The molecule has 16 heavy (non-hydrogen) atoms. The molecule has 0 unspecified atom stereocenters.